The summed E-state index contributed by atoms with van der Waals surface area (Å²) in [5, 5.41) is 10.3. The van der Waals surface area contributed by atoms with Gasteiger partial charge in [-0.15, -0.1) is 0 Å². The molecule has 6 heteroatoms. The van der Waals surface area contributed by atoms with Crippen LogP contribution < -0.4 is 9.47 Å². The quantitative estimate of drug-likeness (QED) is 0.361. The molecule has 3 aromatic carbocycles. The van der Waals surface area contributed by atoms with E-state index in [1.807, 2.05) is 66.7 Å². The Morgan fingerprint density at radius 2 is 1.83 bits per heavy atom. The van der Waals surface area contributed by atoms with Crippen LogP contribution in [0.15, 0.2) is 71.2 Å². The van der Waals surface area contributed by atoms with E-state index >= 15 is 0 Å². The van der Waals surface area contributed by atoms with Gasteiger partial charge in [0.2, 0.25) is 0 Å². The molecule has 30 heavy (non-hydrogen) atoms. The van der Waals surface area contributed by atoms with Crippen LogP contribution in [0.3, 0.4) is 0 Å². The number of carboxylic acid groups (broad SMARTS) is 1. The maximum absolute atomic E-state index is 11.5. The molecular formula is C24H20BrNO4. The molecule has 0 unspecified atom stereocenters. The number of ether oxygens (including phenoxy) is 2. The molecule has 152 valence electrons. The molecule has 0 atom stereocenters. The van der Waals surface area contributed by atoms with Crippen molar-refractivity contribution in [2.24, 2.45) is 0 Å². The van der Waals surface area contributed by atoms with Crippen LogP contribution in [-0.2, 0) is 17.8 Å². The van der Waals surface area contributed by atoms with Gasteiger partial charge in [-0.25, -0.2) is 0 Å². The summed E-state index contributed by atoms with van der Waals surface area (Å²) in [7, 11) is 1.59. The molecule has 0 aliphatic carbocycles. The van der Waals surface area contributed by atoms with Crippen LogP contribution in [0.1, 0.15) is 11.1 Å². The van der Waals surface area contributed by atoms with Crippen molar-refractivity contribution in [1.82, 2.24) is 4.98 Å². The van der Waals surface area contributed by atoms with Crippen molar-refractivity contribution in [3.63, 3.8) is 0 Å². The number of carbonyl (C=O) groups is 1. The van der Waals surface area contributed by atoms with E-state index < -0.39 is 5.97 Å². The second kappa shape index (κ2) is 8.63. The lowest BCUT2D eigenvalue weighted by Crippen LogP contribution is -2.01. The van der Waals surface area contributed by atoms with Crippen LogP contribution in [0.4, 0.5) is 0 Å². The van der Waals surface area contributed by atoms with Crippen LogP contribution in [0.5, 0.6) is 11.5 Å². The Labute approximate surface area is 182 Å². The Morgan fingerprint density at radius 1 is 1.03 bits per heavy atom. The number of carboxylic acids is 1. The third-order valence-corrected chi connectivity index (χ3v) is 5.38. The third kappa shape index (κ3) is 4.19. The van der Waals surface area contributed by atoms with E-state index in [9.17, 15) is 9.90 Å². The number of rotatable bonds is 7. The highest BCUT2D eigenvalue weighted by molar-refractivity contribution is 9.10. The van der Waals surface area contributed by atoms with Gasteiger partial charge in [-0.3, -0.25) is 4.79 Å². The molecule has 4 aromatic rings. The number of aromatic amines is 1. The predicted molar refractivity (Wildman–Crippen MR) is 120 cm³/mol. The molecule has 0 fully saturated rings. The minimum atomic E-state index is -0.882. The van der Waals surface area contributed by atoms with E-state index in [4.69, 9.17) is 9.47 Å². The summed E-state index contributed by atoms with van der Waals surface area (Å²) in [5.74, 6) is 0.334. The summed E-state index contributed by atoms with van der Waals surface area (Å²) in [5.41, 5.74) is 4.28. The standard InChI is InChI=1S/C24H20BrNO4/c1-29-22-11-16(7-10-21(22)30-14-15-5-3-2-4-6-15)24-19(13-23(27)28)18-12-17(25)8-9-20(18)26-24/h2-12,26H,13-14H2,1H3,(H,27,28). The van der Waals surface area contributed by atoms with Gasteiger partial charge in [0.1, 0.15) is 6.61 Å². The van der Waals surface area contributed by atoms with Crippen molar-refractivity contribution in [1.29, 1.82) is 0 Å². The molecule has 0 aliphatic rings. The topological polar surface area (TPSA) is 71.6 Å². The molecular weight excluding hydrogens is 446 g/mol. The summed E-state index contributed by atoms with van der Waals surface area (Å²) in [6.07, 6.45) is -0.0830. The number of H-pyrrole nitrogens is 1. The summed E-state index contributed by atoms with van der Waals surface area (Å²) < 4.78 is 12.4. The summed E-state index contributed by atoms with van der Waals surface area (Å²) in [6.45, 7) is 0.432. The van der Waals surface area contributed by atoms with Gasteiger partial charge in [-0.2, -0.15) is 0 Å². The Balaban J connectivity index is 1.71. The monoisotopic (exact) mass is 465 g/mol. The minimum Gasteiger partial charge on any atom is -0.493 e. The van der Waals surface area contributed by atoms with E-state index in [0.717, 1.165) is 37.8 Å². The first-order valence-corrected chi connectivity index (χ1v) is 10.2. The van der Waals surface area contributed by atoms with E-state index in [2.05, 4.69) is 20.9 Å². The number of methoxy groups -OCH3 is 1. The molecule has 0 radical (unpaired) electrons. The van der Waals surface area contributed by atoms with Crippen molar-refractivity contribution < 1.29 is 19.4 Å². The number of halogens is 1. The lowest BCUT2D eigenvalue weighted by atomic mass is 10.0. The molecule has 0 bridgehead atoms. The normalized spacial score (nSPS) is 10.9. The Hall–Kier alpha value is -3.25. The Bertz CT molecular complexity index is 1200. The van der Waals surface area contributed by atoms with E-state index in [0.29, 0.717) is 18.1 Å². The first-order valence-electron chi connectivity index (χ1n) is 9.42. The largest absolute Gasteiger partial charge is 0.493 e. The number of fused-ring (bicyclic) bond motifs is 1. The molecule has 2 N–H and O–H groups in total. The van der Waals surface area contributed by atoms with Gasteiger partial charge < -0.3 is 19.6 Å². The fourth-order valence-electron chi connectivity index (χ4n) is 3.48. The van der Waals surface area contributed by atoms with Gasteiger partial charge in [-0.1, -0.05) is 46.3 Å². The van der Waals surface area contributed by atoms with Crippen molar-refractivity contribution >= 4 is 32.8 Å². The highest BCUT2D eigenvalue weighted by atomic mass is 79.9. The molecule has 0 saturated heterocycles. The Kier molecular flexibility index (Phi) is 5.77. The highest BCUT2D eigenvalue weighted by Gasteiger charge is 2.18. The molecule has 0 aliphatic heterocycles. The smallest absolute Gasteiger partial charge is 0.307 e. The van der Waals surface area contributed by atoms with Gasteiger partial charge >= 0.3 is 5.97 Å². The molecule has 0 spiro atoms. The van der Waals surface area contributed by atoms with Gasteiger partial charge in [-0.05, 0) is 47.5 Å². The number of nitrogens with one attached hydrogen (secondary N) is 1. The maximum Gasteiger partial charge on any atom is 0.307 e. The lowest BCUT2D eigenvalue weighted by molar-refractivity contribution is -0.136. The zero-order valence-electron chi connectivity index (χ0n) is 16.3. The second-order valence-electron chi connectivity index (χ2n) is 6.88. The molecule has 1 aromatic heterocycles. The number of benzene rings is 3. The van der Waals surface area contributed by atoms with E-state index in [1.165, 1.54) is 0 Å². The predicted octanol–water partition coefficient (Wildman–Crippen LogP) is 5.81. The fraction of sp³-hybridized carbons (Fsp3) is 0.125. The SMILES string of the molecule is COc1cc(-c2[nH]c3ccc(Br)cc3c2CC(=O)O)ccc1OCc1ccccc1. The van der Waals surface area contributed by atoms with Crippen LogP contribution in [0.2, 0.25) is 0 Å². The van der Waals surface area contributed by atoms with Gasteiger partial charge in [0, 0.05) is 20.9 Å². The first-order chi connectivity index (χ1) is 14.5. The molecule has 1 heterocycles. The van der Waals surface area contributed by atoms with Crippen molar-refractivity contribution in [2.75, 3.05) is 7.11 Å². The zero-order chi connectivity index (χ0) is 21.1. The van der Waals surface area contributed by atoms with Crippen molar-refractivity contribution in [2.45, 2.75) is 13.0 Å². The van der Waals surface area contributed by atoms with Crippen LogP contribution in [-0.4, -0.2) is 23.2 Å². The zero-order valence-corrected chi connectivity index (χ0v) is 17.9. The van der Waals surface area contributed by atoms with Crippen molar-refractivity contribution in [3.05, 3.63) is 82.3 Å². The van der Waals surface area contributed by atoms with E-state index in [1.54, 1.807) is 7.11 Å². The molecule has 5 nitrogen and oxygen atoms in total. The second-order valence-corrected chi connectivity index (χ2v) is 7.79. The molecule has 4 rings (SSSR count). The Morgan fingerprint density at radius 3 is 2.57 bits per heavy atom. The summed E-state index contributed by atoms with van der Waals surface area (Å²) >= 11 is 3.47. The van der Waals surface area contributed by atoms with E-state index in [-0.39, 0.29) is 6.42 Å². The maximum atomic E-state index is 11.5. The summed E-state index contributed by atoms with van der Waals surface area (Å²) in [4.78, 5) is 14.9. The van der Waals surface area contributed by atoms with Crippen molar-refractivity contribution in [3.8, 4) is 22.8 Å². The van der Waals surface area contributed by atoms with Crippen LogP contribution in [0, 0.1) is 0 Å². The molecule has 0 amide bonds. The number of hydrogen-bond acceptors (Lipinski definition) is 3. The number of aliphatic carboxylic acids is 1. The number of hydrogen-bond donors (Lipinski definition) is 2. The number of aromatic nitrogens is 1. The van der Waals surface area contributed by atoms with Gasteiger partial charge in [0.15, 0.2) is 11.5 Å². The fourth-order valence-corrected chi connectivity index (χ4v) is 3.84. The van der Waals surface area contributed by atoms with Crippen LogP contribution in [0.25, 0.3) is 22.2 Å². The third-order valence-electron chi connectivity index (χ3n) is 4.89. The average molecular weight is 466 g/mol. The summed E-state index contributed by atoms with van der Waals surface area (Å²) in [6, 6.07) is 21.3. The van der Waals surface area contributed by atoms with Gasteiger partial charge in [0.05, 0.1) is 19.2 Å². The minimum absolute atomic E-state index is 0.0830. The average Bonchev–Trinajstić information content (AvgIpc) is 3.10. The lowest BCUT2D eigenvalue weighted by Gasteiger charge is -2.13. The van der Waals surface area contributed by atoms with Crippen LogP contribution >= 0.6 is 15.9 Å². The van der Waals surface area contributed by atoms with Gasteiger partial charge in [0.25, 0.3) is 0 Å². The molecule has 0 saturated carbocycles. The highest BCUT2D eigenvalue weighted by Crippen LogP contribution is 2.37. The first kappa shape index (κ1) is 20.0.